The van der Waals surface area contributed by atoms with Gasteiger partial charge in [-0.15, -0.1) is 0 Å². The largest absolute Gasteiger partial charge is 0.492 e. The highest BCUT2D eigenvalue weighted by molar-refractivity contribution is 6.28. The molecular formula is C40H59ClN10O4. The zero-order valence-corrected chi connectivity index (χ0v) is 33.9. The van der Waals surface area contributed by atoms with E-state index in [2.05, 4.69) is 45.7 Å². The summed E-state index contributed by atoms with van der Waals surface area (Å²) >= 11 is 5.72. The van der Waals surface area contributed by atoms with Crippen molar-refractivity contribution in [2.24, 2.45) is 0 Å². The van der Waals surface area contributed by atoms with Crippen LogP contribution in [0.4, 0.5) is 29.0 Å². The van der Waals surface area contributed by atoms with Gasteiger partial charge in [0.05, 0.1) is 12.2 Å². The molecular weight excluding hydrogens is 720 g/mol. The van der Waals surface area contributed by atoms with Crippen LogP contribution < -0.4 is 31.2 Å². The lowest BCUT2D eigenvalue weighted by Crippen LogP contribution is -2.19. The number of benzene rings is 2. The van der Waals surface area contributed by atoms with Crippen molar-refractivity contribution < 1.29 is 18.9 Å². The molecule has 2 fully saturated rings. The minimum absolute atomic E-state index is 0.274. The zero-order valence-electron chi connectivity index (χ0n) is 33.2. The summed E-state index contributed by atoms with van der Waals surface area (Å²) in [5.41, 5.74) is 9.24. The molecule has 2 saturated heterocycles. The molecule has 2 aromatic heterocycles. The van der Waals surface area contributed by atoms with Crippen LogP contribution in [0.2, 0.25) is 5.28 Å². The molecule has 0 aliphatic carbocycles. The summed E-state index contributed by atoms with van der Waals surface area (Å²) in [4.78, 5) is 21.2. The Kier molecular flexibility index (Phi) is 18.4. The molecule has 300 valence electrons. The van der Waals surface area contributed by atoms with Gasteiger partial charge in [0, 0.05) is 74.3 Å². The maximum absolute atomic E-state index is 5.72. The number of hydrogen-bond donors (Lipinski definition) is 4. The maximum Gasteiger partial charge on any atom is 0.229 e. The summed E-state index contributed by atoms with van der Waals surface area (Å²) in [5.74, 6) is 3.93. The van der Waals surface area contributed by atoms with Gasteiger partial charge in [-0.05, 0) is 128 Å². The molecule has 14 nitrogen and oxygen atoms in total. The minimum atomic E-state index is 0.274. The van der Waals surface area contributed by atoms with Crippen LogP contribution in [0.1, 0.15) is 36.8 Å². The highest BCUT2D eigenvalue weighted by atomic mass is 35.5. The van der Waals surface area contributed by atoms with E-state index in [0.717, 1.165) is 111 Å². The smallest absolute Gasteiger partial charge is 0.229 e. The topological polar surface area (TPSA) is 157 Å². The van der Waals surface area contributed by atoms with Gasteiger partial charge in [-0.25, -0.2) is 15.0 Å². The van der Waals surface area contributed by atoms with E-state index in [4.69, 9.17) is 36.3 Å². The van der Waals surface area contributed by atoms with Gasteiger partial charge in [0.2, 0.25) is 11.2 Å². The number of aromatic nitrogens is 4. The average Bonchev–Trinajstić information content (AvgIpc) is 3.89. The van der Waals surface area contributed by atoms with Crippen LogP contribution in [0.15, 0.2) is 60.9 Å². The fourth-order valence-corrected chi connectivity index (χ4v) is 5.47. The van der Waals surface area contributed by atoms with Gasteiger partial charge < -0.3 is 50.4 Å². The van der Waals surface area contributed by atoms with Crippen molar-refractivity contribution in [2.45, 2.75) is 51.7 Å². The minimum Gasteiger partial charge on any atom is -0.492 e. The molecule has 0 spiro atoms. The van der Waals surface area contributed by atoms with E-state index in [1.807, 2.05) is 96.8 Å². The van der Waals surface area contributed by atoms with Gasteiger partial charge in [0.25, 0.3) is 0 Å². The van der Waals surface area contributed by atoms with Gasteiger partial charge in [0.15, 0.2) is 0 Å². The Morgan fingerprint density at radius 3 is 1.71 bits per heavy atom. The van der Waals surface area contributed by atoms with Crippen molar-refractivity contribution in [1.82, 2.24) is 29.7 Å². The van der Waals surface area contributed by atoms with Gasteiger partial charge in [0.1, 0.15) is 36.3 Å². The first-order valence-electron chi connectivity index (χ1n) is 18.9. The molecule has 0 radical (unpaired) electrons. The van der Waals surface area contributed by atoms with Crippen LogP contribution in [0.3, 0.4) is 0 Å². The van der Waals surface area contributed by atoms with Gasteiger partial charge >= 0.3 is 0 Å². The molecule has 0 bridgehead atoms. The standard InChI is InChI=1S/C20H29N5O2.C10H14ClN3O.C10H16N2O/c1-15-13-22-20(24-19(15)21-14-18-5-4-11-26-18)23-16-6-8-17(9-7-16)27-12-10-25(2)3;1-7-5-13-10(11)14-9(7)12-6-8-3-2-4-15-8;1-12(2)7-8-13-10-5-3-9(11)4-6-10/h6-9,13,18H,4-5,10-12,14H2,1-3H3,(H2,21,22,23,24);5,8H,2-4,6H2,1H3,(H,12,13,14);3-6H,7-8,11H2,1-2H3. The summed E-state index contributed by atoms with van der Waals surface area (Å²) in [6, 6.07) is 15.3. The Hall–Kier alpha value is -4.47. The number of hydrogen-bond acceptors (Lipinski definition) is 14. The zero-order chi connectivity index (χ0) is 39.4. The summed E-state index contributed by atoms with van der Waals surface area (Å²) in [7, 11) is 8.10. The third-order valence-corrected chi connectivity index (χ3v) is 8.74. The van der Waals surface area contributed by atoms with E-state index in [0.29, 0.717) is 25.3 Å². The number of aryl methyl sites for hydroxylation is 2. The molecule has 2 aromatic carbocycles. The fraction of sp³-hybridized carbons (Fsp3) is 0.500. The Balaban J connectivity index is 0.000000202. The molecule has 4 heterocycles. The Morgan fingerprint density at radius 1 is 0.727 bits per heavy atom. The molecule has 2 aliphatic rings. The number of nitrogen functional groups attached to an aromatic ring is 1. The van der Waals surface area contributed by atoms with Crippen molar-refractivity contribution in [3.05, 3.63) is 77.3 Å². The Morgan fingerprint density at radius 2 is 1.22 bits per heavy atom. The maximum atomic E-state index is 5.72. The summed E-state index contributed by atoms with van der Waals surface area (Å²) in [5, 5.41) is 10.1. The second-order valence-corrected chi connectivity index (χ2v) is 14.3. The highest BCUT2D eigenvalue weighted by Gasteiger charge is 2.17. The predicted molar refractivity (Wildman–Crippen MR) is 222 cm³/mol. The van der Waals surface area contributed by atoms with E-state index in [-0.39, 0.29) is 11.4 Å². The number of anilines is 5. The van der Waals surface area contributed by atoms with Gasteiger partial charge in [-0.3, -0.25) is 0 Å². The number of nitrogens with one attached hydrogen (secondary N) is 3. The van der Waals surface area contributed by atoms with Crippen LogP contribution in [-0.2, 0) is 9.47 Å². The molecule has 2 unspecified atom stereocenters. The first kappa shape index (κ1) is 43.3. The number of likely N-dealkylation sites (N-methyl/N-ethyl adjacent to an activating group) is 2. The Bertz CT molecular complexity index is 1670. The fourth-order valence-electron chi connectivity index (χ4n) is 5.33. The first-order valence-corrected chi connectivity index (χ1v) is 19.2. The molecule has 4 aromatic rings. The number of halogens is 1. The molecule has 2 atom stereocenters. The van der Waals surface area contributed by atoms with E-state index < -0.39 is 0 Å². The van der Waals surface area contributed by atoms with Crippen molar-refractivity contribution in [3.8, 4) is 11.5 Å². The molecule has 2 aliphatic heterocycles. The lowest BCUT2D eigenvalue weighted by atomic mass is 10.2. The molecule has 6 rings (SSSR count). The summed E-state index contributed by atoms with van der Waals surface area (Å²) in [6.45, 7) is 10.4. The lowest BCUT2D eigenvalue weighted by Gasteiger charge is -2.14. The quantitative estimate of drug-likeness (QED) is 0.0742. The SMILES string of the molecule is CN(C)CCOc1ccc(N)cc1.Cc1cnc(Cl)nc1NCC1CCCO1.Cc1cnc(Nc2ccc(OCCN(C)C)cc2)nc1NCC1CCCO1. The number of rotatable bonds is 16. The molecule has 55 heavy (non-hydrogen) atoms. The van der Waals surface area contributed by atoms with Crippen molar-refractivity contribution in [1.29, 1.82) is 0 Å². The normalized spacial score (nSPS) is 16.2. The Labute approximate surface area is 331 Å². The molecule has 15 heteroatoms. The van der Waals surface area contributed by atoms with Crippen molar-refractivity contribution >= 4 is 40.6 Å². The van der Waals surface area contributed by atoms with E-state index in [9.17, 15) is 0 Å². The molecule has 0 amide bonds. The molecule has 5 N–H and O–H groups in total. The summed E-state index contributed by atoms with van der Waals surface area (Å²) < 4.78 is 22.4. The van der Waals surface area contributed by atoms with E-state index in [1.54, 1.807) is 6.20 Å². The summed E-state index contributed by atoms with van der Waals surface area (Å²) in [6.07, 6.45) is 8.62. The monoisotopic (exact) mass is 778 g/mol. The second kappa shape index (κ2) is 23.4. The molecule has 0 saturated carbocycles. The lowest BCUT2D eigenvalue weighted by molar-refractivity contribution is 0.120. The second-order valence-electron chi connectivity index (χ2n) is 13.9. The highest BCUT2D eigenvalue weighted by Crippen LogP contribution is 2.21. The van der Waals surface area contributed by atoms with Crippen LogP contribution >= 0.6 is 11.6 Å². The van der Waals surface area contributed by atoms with Gasteiger partial charge in [-0.2, -0.15) is 4.98 Å². The number of nitrogens with zero attached hydrogens (tertiary/aromatic N) is 6. The van der Waals surface area contributed by atoms with Crippen LogP contribution in [-0.4, -0.2) is 123 Å². The van der Waals surface area contributed by atoms with E-state index in [1.165, 1.54) is 0 Å². The first-order chi connectivity index (χ1) is 26.5. The van der Waals surface area contributed by atoms with Crippen molar-refractivity contribution in [2.75, 3.05) is 102 Å². The predicted octanol–water partition coefficient (Wildman–Crippen LogP) is 6.30. The van der Waals surface area contributed by atoms with Crippen molar-refractivity contribution in [3.63, 3.8) is 0 Å². The number of ether oxygens (including phenoxy) is 4. The van der Waals surface area contributed by atoms with Crippen LogP contribution in [0, 0.1) is 13.8 Å². The third kappa shape index (κ3) is 16.8. The average molecular weight is 779 g/mol. The van der Waals surface area contributed by atoms with E-state index >= 15 is 0 Å². The van der Waals surface area contributed by atoms with Crippen LogP contribution in [0.25, 0.3) is 0 Å². The van der Waals surface area contributed by atoms with Crippen LogP contribution in [0.5, 0.6) is 11.5 Å². The van der Waals surface area contributed by atoms with Gasteiger partial charge in [-0.1, -0.05) is 0 Å². The number of nitrogens with two attached hydrogens (primary N) is 1. The third-order valence-electron chi connectivity index (χ3n) is 8.56.